The summed E-state index contributed by atoms with van der Waals surface area (Å²) in [4.78, 5) is 6.58. The van der Waals surface area contributed by atoms with Gasteiger partial charge in [0.15, 0.2) is 5.29 Å². The lowest BCUT2D eigenvalue weighted by atomic mass is 9.78. The van der Waals surface area contributed by atoms with Gasteiger partial charge in [0.05, 0.1) is 11.2 Å². The number of rotatable bonds is 2. The van der Waals surface area contributed by atoms with Crippen molar-refractivity contribution < 1.29 is 0 Å². The molecule has 0 bridgehead atoms. The van der Waals surface area contributed by atoms with Crippen molar-refractivity contribution in [3.05, 3.63) is 65.7 Å². The van der Waals surface area contributed by atoms with Gasteiger partial charge in [0.25, 0.3) is 0 Å². The van der Waals surface area contributed by atoms with Crippen molar-refractivity contribution >= 4 is 22.6 Å². The molecule has 2 nitrogen and oxygen atoms in total. The SMILES string of the molecule is CCC1(c2ccccc2)c2ccccc2N=C(Cl)N1C. The zero-order valence-electron chi connectivity index (χ0n) is 11.7. The van der Waals surface area contributed by atoms with Crippen LogP contribution >= 0.6 is 11.6 Å². The Kier molecular flexibility index (Phi) is 3.27. The Balaban J connectivity index is 2.32. The smallest absolute Gasteiger partial charge is 0.199 e. The maximum atomic E-state index is 6.38. The van der Waals surface area contributed by atoms with Crippen molar-refractivity contribution in [2.45, 2.75) is 18.9 Å². The first-order valence-electron chi connectivity index (χ1n) is 6.83. The Morgan fingerprint density at radius 1 is 1.05 bits per heavy atom. The van der Waals surface area contributed by atoms with E-state index in [1.807, 2.05) is 25.2 Å². The van der Waals surface area contributed by atoms with Crippen molar-refractivity contribution in [1.29, 1.82) is 0 Å². The number of para-hydroxylation sites is 1. The first-order chi connectivity index (χ1) is 9.70. The van der Waals surface area contributed by atoms with E-state index in [-0.39, 0.29) is 5.54 Å². The number of benzene rings is 2. The van der Waals surface area contributed by atoms with Crippen LogP contribution in [0, 0.1) is 0 Å². The number of nitrogens with zero attached hydrogens (tertiary/aromatic N) is 2. The van der Waals surface area contributed by atoms with Gasteiger partial charge in [-0.3, -0.25) is 0 Å². The number of aliphatic imine (C=N–C) groups is 1. The molecule has 1 heterocycles. The summed E-state index contributed by atoms with van der Waals surface area (Å²) in [5.74, 6) is 0. The number of hydrogen-bond acceptors (Lipinski definition) is 2. The van der Waals surface area contributed by atoms with Crippen molar-refractivity contribution in [2.75, 3.05) is 7.05 Å². The van der Waals surface area contributed by atoms with Crippen LogP contribution in [0.5, 0.6) is 0 Å². The highest BCUT2D eigenvalue weighted by Gasteiger charge is 2.42. The highest BCUT2D eigenvalue weighted by atomic mass is 35.5. The van der Waals surface area contributed by atoms with Gasteiger partial charge in [-0.25, -0.2) is 4.99 Å². The molecule has 2 aromatic carbocycles. The minimum absolute atomic E-state index is 0.253. The molecule has 0 aromatic heterocycles. The summed E-state index contributed by atoms with van der Waals surface area (Å²) < 4.78 is 0. The molecule has 0 saturated heterocycles. The van der Waals surface area contributed by atoms with Crippen LogP contribution in [-0.4, -0.2) is 17.2 Å². The van der Waals surface area contributed by atoms with Crippen LogP contribution in [0.1, 0.15) is 24.5 Å². The maximum Gasteiger partial charge on any atom is 0.199 e. The third-order valence-corrected chi connectivity index (χ3v) is 4.51. The van der Waals surface area contributed by atoms with Crippen LogP contribution < -0.4 is 0 Å². The predicted molar refractivity (Wildman–Crippen MR) is 84.7 cm³/mol. The van der Waals surface area contributed by atoms with Gasteiger partial charge in [-0.15, -0.1) is 0 Å². The summed E-state index contributed by atoms with van der Waals surface area (Å²) in [6.45, 7) is 2.19. The Labute approximate surface area is 124 Å². The summed E-state index contributed by atoms with van der Waals surface area (Å²) in [7, 11) is 2.01. The van der Waals surface area contributed by atoms with Crippen molar-refractivity contribution in [2.24, 2.45) is 4.99 Å². The first kappa shape index (κ1) is 13.2. The van der Waals surface area contributed by atoms with E-state index in [0.29, 0.717) is 5.29 Å². The highest BCUT2D eigenvalue weighted by Crippen LogP contribution is 2.46. The molecule has 1 aliphatic rings. The van der Waals surface area contributed by atoms with Gasteiger partial charge in [0.1, 0.15) is 0 Å². The van der Waals surface area contributed by atoms with Gasteiger partial charge in [-0.2, -0.15) is 0 Å². The molecule has 1 aliphatic heterocycles. The summed E-state index contributed by atoms with van der Waals surface area (Å²) >= 11 is 6.38. The average molecular weight is 285 g/mol. The van der Waals surface area contributed by atoms with Crippen LogP contribution in [0.4, 0.5) is 5.69 Å². The second-order valence-corrected chi connectivity index (χ2v) is 5.37. The van der Waals surface area contributed by atoms with Crippen molar-refractivity contribution in [1.82, 2.24) is 4.90 Å². The first-order valence-corrected chi connectivity index (χ1v) is 7.21. The van der Waals surface area contributed by atoms with E-state index in [1.54, 1.807) is 0 Å². The zero-order chi connectivity index (χ0) is 14.2. The summed E-state index contributed by atoms with van der Waals surface area (Å²) in [5.41, 5.74) is 3.16. The Bertz CT molecular complexity index is 651. The van der Waals surface area contributed by atoms with Crippen LogP contribution in [0.15, 0.2) is 59.6 Å². The lowest BCUT2D eigenvalue weighted by Gasteiger charge is -2.45. The molecular formula is C17H17ClN2. The Hall–Kier alpha value is -1.80. The molecule has 20 heavy (non-hydrogen) atoms. The lowest BCUT2D eigenvalue weighted by Crippen LogP contribution is -2.48. The molecule has 3 heteroatoms. The Morgan fingerprint density at radius 2 is 1.70 bits per heavy atom. The minimum Gasteiger partial charge on any atom is -0.336 e. The fourth-order valence-corrected chi connectivity index (χ4v) is 3.36. The number of fused-ring (bicyclic) bond motifs is 1. The van der Waals surface area contributed by atoms with Crippen LogP contribution in [0.3, 0.4) is 0 Å². The molecule has 0 spiro atoms. The molecule has 0 amide bonds. The van der Waals surface area contributed by atoms with Gasteiger partial charge < -0.3 is 4.90 Å². The van der Waals surface area contributed by atoms with E-state index in [4.69, 9.17) is 11.6 Å². The van der Waals surface area contributed by atoms with Crippen LogP contribution in [0.2, 0.25) is 0 Å². The molecule has 0 fully saturated rings. The second kappa shape index (κ2) is 4.95. The van der Waals surface area contributed by atoms with Gasteiger partial charge in [0.2, 0.25) is 0 Å². The summed E-state index contributed by atoms with van der Waals surface area (Å²) in [6.07, 6.45) is 0.927. The van der Waals surface area contributed by atoms with E-state index < -0.39 is 0 Å². The normalized spacial score (nSPS) is 21.4. The quantitative estimate of drug-likeness (QED) is 0.741. The fraction of sp³-hybridized carbons (Fsp3) is 0.235. The molecule has 0 N–H and O–H groups in total. The minimum atomic E-state index is -0.253. The van der Waals surface area contributed by atoms with E-state index in [0.717, 1.165) is 12.1 Å². The van der Waals surface area contributed by atoms with Gasteiger partial charge in [-0.1, -0.05) is 55.5 Å². The molecule has 102 valence electrons. The standard InChI is InChI=1S/C17H17ClN2/c1-3-17(13-9-5-4-6-10-13)14-11-7-8-12-15(14)19-16(18)20(17)2/h4-12H,3H2,1-2H3. The molecule has 0 aliphatic carbocycles. The molecule has 1 atom stereocenters. The summed E-state index contributed by atoms with van der Waals surface area (Å²) in [5, 5.41) is 0.536. The number of halogens is 1. The second-order valence-electron chi connectivity index (χ2n) is 5.04. The van der Waals surface area contributed by atoms with E-state index in [9.17, 15) is 0 Å². The van der Waals surface area contributed by atoms with Gasteiger partial charge >= 0.3 is 0 Å². The van der Waals surface area contributed by atoms with E-state index in [2.05, 4.69) is 53.2 Å². The molecule has 0 saturated carbocycles. The lowest BCUT2D eigenvalue weighted by molar-refractivity contribution is 0.251. The Morgan fingerprint density at radius 3 is 2.40 bits per heavy atom. The largest absolute Gasteiger partial charge is 0.336 e. The predicted octanol–water partition coefficient (Wildman–Crippen LogP) is 4.51. The third kappa shape index (κ3) is 1.75. The molecular weight excluding hydrogens is 268 g/mol. The van der Waals surface area contributed by atoms with Crippen molar-refractivity contribution in [3.63, 3.8) is 0 Å². The summed E-state index contributed by atoms with van der Waals surface area (Å²) in [6, 6.07) is 18.7. The topological polar surface area (TPSA) is 15.6 Å². The molecule has 2 aromatic rings. The number of amidine groups is 1. The third-order valence-electron chi connectivity index (χ3n) is 4.17. The van der Waals surface area contributed by atoms with Crippen LogP contribution in [-0.2, 0) is 5.54 Å². The fourth-order valence-electron chi connectivity index (χ4n) is 3.13. The molecule has 0 radical (unpaired) electrons. The van der Waals surface area contributed by atoms with Crippen molar-refractivity contribution in [3.8, 4) is 0 Å². The van der Waals surface area contributed by atoms with Crippen LogP contribution in [0.25, 0.3) is 0 Å². The number of hydrogen-bond donors (Lipinski definition) is 0. The van der Waals surface area contributed by atoms with Gasteiger partial charge in [0, 0.05) is 12.6 Å². The van der Waals surface area contributed by atoms with Gasteiger partial charge in [-0.05, 0) is 29.7 Å². The van der Waals surface area contributed by atoms with E-state index in [1.165, 1.54) is 11.1 Å². The van der Waals surface area contributed by atoms with E-state index >= 15 is 0 Å². The molecule has 3 rings (SSSR count). The average Bonchev–Trinajstić information content (AvgIpc) is 2.50. The molecule has 1 unspecified atom stereocenters. The highest BCUT2D eigenvalue weighted by molar-refractivity contribution is 6.65. The maximum absolute atomic E-state index is 6.38. The monoisotopic (exact) mass is 284 g/mol. The zero-order valence-corrected chi connectivity index (χ0v) is 12.4.